The summed E-state index contributed by atoms with van der Waals surface area (Å²) in [4.78, 5) is 9.43. The monoisotopic (exact) mass is 384 g/mol. The Bertz CT molecular complexity index is 1030. The summed E-state index contributed by atoms with van der Waals surface area (Å²) in [7, 11) is 3.32. The Morgan fingerprint density at radius 2 is 1.58 bits per heavy atom. The summed E-state index contributed by atoms with van der Waals surface area (Å²) in [6.07, 6.45) is 3.70. The molecule has 0 amide bonds. The Hall–Kier alpha value is -1.60. The molecule has 24 heavy (non-hydrogen) atoms. The molecule has 2 heterocycles. The Labute approximate surface area is 155 Å². The van der Waals surface area contributed by atoms with Crippen molar-refractivity contribution in [2.75, 3.05) is 0 Å². The fourth-order valence-corrected chi connectivity index (χ4v) is 6.90. The van der Waals surface area contributed by atoms with Gasteiger partial charge in [-0.05, 0) is 45.4 Å². The summed E-state index contributed by atoms with van der Waals surface area (Å²) in [5.74, 6) is 0. The first kappa shape index (κ1) is 15.9. The van der Waals surface area contributed by atoms with E-state index < -0.39 is 0 Å². The van der Waals surface area contributed by atoms with E-state index in [0.29, 0.717) is 0 Å². The molecule has 118 valence electrons. The zero-order valence-corrected chi connectivity index (χ0v) is 15.8. The van der Waals surface area contributed by atoms with Gasteiger partial charge in [-0.15, -0.1) is 22.7 Å². The molecule has 0 bridgehead atoms. The van der Waals surface area contributed by atoms with E-state index in [1.807, 2.05) is 30.4 Å². The second kappa shape index (κ2) is 6.72. The third-order valence-corrected chi connectivity index (χ3v) is 8.52. The van der Waals surface area contributed by atoms with E-state index in [2.05, 4.69) is 36.3 Å². The second-order valence-corrected chi connectivity index (χ2v) is 9.60. The molecule has 0 unspecified atom stereocenters. The lowest BCUT2D eigenvalue weighted by molar-refractivity contribution is 1.30. The van der Waals surface area contributed by atoms with Crippen molar-refractivity contribution in [3.8, 4) is 0 Å². The number of rotatable bonds is 5. The maximum absolute atomic E-state index is 4.78. The number of para-hydroxylation sites is 1. The Morgan fingerprint density at radius 1 is 0.833 bits per heavy atom. The van der Waals surface area contributed by atoms with Crippen molar-refractivity contribution in [2.24, 2.45) is 0 Å². The van der Waals surface area contributed by atoms with Gasteiger partial charge in [0.05, 0.1) is 20.4 Å². The first-order valence-corrected chi connectivity index (χ1v) is 11.0. The first-order chi connectivity index (χ1) is 11.8. The van der Waals surface area contributed by atoms with Gasteiger partial charge in [-0.2, -0.15) is 0 Å². The highest BCUT2D eigenvalue weighted by molar-refractivity contribution is 8.77. The maximum atomic E-state index is 4.78. The molecule has 4 aromatic rings. The van der Waals surface area contributed by atoms with Gasteiger partial charge in [0.1, 0.15) is 0 Å². The summed E-state index contributed by atoms with van der Waals surface area (Å²) in [6.45, 7) is 7.77. The van der Waals surface area contributed by atoms with Gasteiger partial charge in [0.25, 0.3) is 0 Å². The second-order valence-electron chi connectivity index (χ2n) is 4.92. The van der Waals surface area contributed by atoms with Crippen LogP contribution in [0.5, 0.6) is 0 Å². The minimum atomic E-state index is 1.000. The van der Waals surface area contributed by atoms with Crippen LogP contribution in [0.3, 0.4) is 0 Å². The molecule has 0 spiro atoms. The normalized spacial score (nSPS) is 11.2. The van der Waals surface area contributed by atoms with Crippen molar-refractivity contribution in [3.05, 3.63) is 60.7 Å². The molecule has 6 heteroatoms. The van der Waals surface area contributed by atoms with E-state index in [1.54, 1.807) is 44.3 Å². The quantitative estimate of drug-likeness (QED) is 0.346. The number of hydrogen-bond acceptors (Lipinski definition) is 6. The summed E-state index contributed by atoms with van der Waals surface area (Å²) in [5.41, 5.74) is 4.17. The summed E-state index contributed by atoms with van der Waals surface area (Å²) in [5, 5.41) is 0. The van der Waals surface area contributed by atoms with Crippen LogP contribution in [0.1, 0.15) is 11.1 Å². The number of nitrogens with zero attached hydrogens (tertiary/aromatic N) is 2. The smallest absolute Gasteiger partial charge is 0.162 e. The zero-order chi connectivity index (χ0) is 16.5. The molecule has 0 aliphatic heterocycles. The highest BCUT2D eigenvalue weighted by Crippen LogP contribution is 2.44. The van der Waals surface area contributed by atoms with Crippen LogP contribution in [0, 0.1) is 0 Å². The van der Waals surface area contributed by atoms with E-state index in [-0.39, 0.29) is 0 Å². The van der Waals surface area contributed by atoms with Crippen molar-refractivity contribution in [2.45, 2.75) is 8.68 Å². The lowest BCUT2D eigenvalue weighted by Gasteiger charge is -2.00. The van der Waals surface area contributed by atoms with Crippen LogP contribution >= 0.6 is 44.3 Å². The molecule has 0 saturated carbocycles. The molecule has 0 aliphatic rings. The first-order valence-electron chi connectivity index (χ1n) is 7.17. The summed E-state index contributed by atoms with van der Waals surface area (Å²) >= 11 is 3.41. The van der Waals surface area contributed by atoms with Crippen molar-refractivity contribution >= 4 is 76.8 Å². The van der Waals surface area contributed by atoms with Crippen LogP contribution in [0.25, 0.3) is 32.6 Å². The Balaban J connectivity index is 1.62. The van der Waals surface area contributed by atoms with Crippen LogP contribution < -0.4 is 0 Å². The molecule has 2 aromatic carbocycles. The Kier molecular flexibility index (Phi) is 4.45. The molecular formula is C18H12N2S4. The molecule has 4 rings (SSSR count). The van der Waals surface area contributed by atoms with Gasteiger partial charge in [-0.1, -0.05) is 43.5 Å². The van der Waals surface area contributed by atoms with E-state index in [1.165, 1.54) is 9.40 Å². The summed E-state index contributed by atoms with van der Waals surface area (Å²) < 4.78 is 4.46. The maximum Gasteiger partial charge on any atom is 0.162 e. The molecule has 2 nitrogen and oxygen atoms in total. The minimum absolute atomic E-state index is 1.000. The van der Waals surface area contributed by atoms with Crippen LogP contribution in [0.15, 0.2) is 58.2 Å². The van der Waals surface area contributed by atoms with Crippen molar-refractivity contribution < 1.29 is 0 Å². The van der Waals surface area contributed by atoms with Crippen molar-refractivity contribution in [1.29, 1.82) is 0 Å². The Morgan fingerprint density at radius 3 is 2.33 bits per heavy atom. The summed E-state index contributed by atoms with van der Waals surface area (Å²) in [6, 6.07) is 12.4. The van der Waals surface area contributed by atoms with Crippen molar-refractivity contribution in [3.63, 3.8) is 0 Å². The van der Waals surface area contributed by atoms with Crippen LogP contribution in [-0.2, 0) is 0 Å². The lowest BCUT2D eigenvalue weighted by Crippen LogP contribution is -1.82. The van der Waals surface area contributed by atoms with Gasteiger partial charge in [-0.3, -0.25) is 0 Å². The fraction of sp³-hybridized carbons (Fsp3) is 0. The van der Waals surface area contributed by atoms with Gasteiger partial charge < -0.3 is 0 Å². The van der Waals surface area contributed by atoms with Gasteiger partial charge in [-0.25, -0.2) is 9.97 Å². The zero-order valence-electron chi connectivity index (χ0n) is 12.6. The largest absolute Gasteiger partial charge is 0.229 e. The van der Waals surface area contributed by atoms with Gasteiger partial charge in [0.2, 0.25) is 0 Å². The van der Waals surface area contributed by atoms with Gasteiger partial charge >= 0.3 is 0 Å². The van der Waals surface area contributed by atoms with E-state index in [4.69, 9.17) is 4.98 Å². The molecule has 2 aromatic heterocycles. The molecule has 0 radical (unpaired) electrons. The predicted molar refractivity (Wildman–Crippen MR) is 111 cm³/mol. The fourth-order valence-electron chi connectivity index (χ4n) is 2.40. The molecule has 0 aliphatic carbocycles. The third-order valence-electron chi connectivity index (χ3n) is 3.50. The van der Waals surface area contributed by atoms with E-state index in [0.717, 1.165) is 30.8 Å². The number of benzene rings is 2. The van der Waals surface area contributed by atoms with Gasteiger partial charge in [0, 0.05) is 5.56 Å². The SMILES string of the molecule is C=Cc1ccc2sc(SSc3nc4ccccc4s3)nc2c1C=C. The number of hydrogen-bond donors (Lipinski definition) is 0. The minimum Gasteiger partial charge on any atom is -0.229 e. The molecule has 0 saturated heterocycles. The molecule has 0 atom stereocenters. The highest BCUT2D eigenvalue weighted by Gasteiger charge is 2.12. The topological polar surface area (TPSA) is 25.8 Å². The number of aromatic nitrogens is 2. The van der Waals surface area contributed by atoms with Crippen LogP contribution in [0.4, 0.5) is 0 Å². The van der Waals surface area contributed by atoms with E-state index >= 15 is 0 Å². The third kappa shape index (κ3) is 2.91. The standard InChI is InChI=1S/C18H12N2S4/c1-3-11-9-10-15-16(12(11)4-2)20-18(22-15)24-23-17-19-13-7-5-6-8-14(13)21-17/h3-10H,1-2H2. The highest BCUT2D eigenvalue weighted by atomic mass is 33.1. The average molecular weight is 385 g/mol. The van der Waals surface area contributed by atoms with Crippen molar-refractivity contribution in [1.82, 2.24) is 9.97 Å². The lowest BCUT2D eigenvalue weighted by atomic mass is 10.1. The molecule has 0 fully saturated rings. The molecule has 0 N–H and O–H groups in total. The van der Waals surface area contributed by atoms with Crippen LogP contribution in [0.2, 0.25) is 0 Å². The predicted octanol–water partition coefficient (Wildman–Crippen LogP) is 6.99. The van der Waals surface area contributed by atoms with Gasteiger partial charge in [0.15, 0.2) is 8.68 Å². The van der Waals surface area contributed by atoms with Crippen LogP contribution in [-0.4, -0.2) is 9.97 Å². The number of fused-ring (bicyclic) bond motifs is 2. The molecular weight excluding hydrogens is 372 g/mol. The van der Waals surface area contributed by atoms with E-state index in [9.17, 15) is 0 Å². The average Bonchev–Trinajstić information content (AvgIpc) is 3.21. The number of thiazole rings is 2.